The highest BCUT2D eigenvalue weighted by molar-refractivity contribution is 6.51. The van der Waals surface area contributed by atoms with Gasteiger partial charge in [0.25, 0.3) is 0 Å². The van der Waals surface area contributed by atoms with Gasteiger partial charge in [0.1, 0.15) is 0 Å². The second kappa shape index (κ2) is 9.42. The number of hydrogen-bond acceptors (Lipinski definition) is 5. The Balaban J connectivity index is 1.50. The first-order chi connectivity index (χ1) is 19.1. The number of benzene rings is 4. The van der Waals surface area contributed by atoms with E-state index in [1.165, 1.54) is 0 Å². The van der Waals surface area contributed by atoms with Crippen LogP contribution in [0.25, 0.3) is 5.69 Å². The molecule has 0 fully saturated rings. The SMILES string of the molecule is Cc1nn(-c2ccccc2)c2c1[C@@H](c1ccc(Cl)cc1)N1C(=N2)C(Nc2cccc(Cl)c2)=Nc2ccccc21. The van der Waals surface area contributed by atoms with E-state index in [1.807, 2.05) is 96.5 Å². The molecule has 39 heavy (non-hydrogen) atoms. The summed E-state index contributed by atoms with van der Waals surface area (Å²) in [4.78, 5) is 12.5. The van der Waals surface area contributed by atoms with E-state index in [-0.39, 0.29) is 6.04 Å². The molecule has 0 saturated carbocycles. The first-order valence-electron chi connectivity index (χ1n) is 12.6. The van der Waals surface area contributed by atoms with Gasteiger partial charge in [0.05, 0.1) is 28.8 Å². The van der Waals surface area contributed by atoms with Crippen LogP contribution in [0.1, 0.15) is 22.9 Å². The lowest BCUT2D eigenvalue weighted by molar-refractivity contribution is 0.815. The molecule has 3 heterocycles. The maximum absolute atomic E-state index is 6.32. The number of nitrogens with zero attached hydrogens (tertiary/aromatic N) is 5. The Morgan fingerprint density at radius 2 is 1.54 bits per heavy atom. The molecule has 8 heteroatoms. The van der Waals surface area contributed by atoms with E-state index in [0.717, 1.165) is 45.4 Å². The number of nitrogens with one attached hydrogen (secondary N) is 1. The molecule has 0 saturated heterocycles. The molecular formula is C31H22Cl2N6. The minimum absolute atomic E-state index is 0.213. The van der Waals surface area contributed by atoms with Gasteiger partial charge in [0.15, 0.2) is 17.5 Å². The lowest BCUT2D eigenvalue weighted by Crippen LogP contribution is -2.46. The number of aryl methyl sites for hydroxylation is 1. The monoisotopic (exact) mass is 548 g/mol. The molecule has 4 aromatic carbocycles. The first kappa shape index (κ1) is 23.7. The largest absolute Gasteiger partial charge is 0.337 e. The minimum atomic E-state index is -0.213. The highest BCUT2D eigenvalue weighted by atomic mass is 35.5. The third-order valence-corrected chi connectivity index (χ3v) is 7.40. The topological polar surface area (TPSA) is 57.8 Å². The number of fused-ring (bicyclic) bond motifs is 4. The zero-order valence-electron chi connectivity index (χ0n) is 20.9. The van der Waals surface area contributed by atoms with Crippen molar-refractivity contribution in [1.82, 2.24) is 9.78 Å². The summed E-state index contributed by atoms with van der Waals surface area (Å²) in [5, 5.41) is 9.77. The van der Waals surface area contributed by atoms with Crippen molar-refractivity contribution in [3.8, 4) is 5.69 Å². The van der Waals surface area contributed by atoms with Crippen molar-refractivity contribution in [2.75, 3.05) is 10.2 Å². The van der Waals surface area contributed by atoms with Gasteiger partial charge >= 0.3 is 0 Å². The summed E-state index contributed by atoms with van der Waals surface area (Å²) in [7, 11) is 0. The van der Waals surface area contributed by atoms with Gasteiger partial charge in [-0.1, -0.05) is 71.7 Å². The molecule has 190 valence electrons. The fourth-order valence-corrected chi connectivity index (χ4v) is 5.53. The molecule has 0 bridgehead atoms. The molecule has 7 rings (SSSR count). The number of rotatable bonds is 3. The standard InChI is InChI=1S/C31H22Cl2N6/c1-19-27-28(20-14-16-21(32)17-15-20)38-26-13-6-5-12-25(26)35-29(34-23-9-7-8-22(33)18-23)31(38)36-30(27)39(37-19)24-10-3-2-4-11-24/h2-18,28H,1H3,(H,34,35)/t28-/m1/s1. The quantitative estimate of drug-likeness (QED) is 0.246. The molecule has 5 aromatic rings. The molecule has 0 spiro atoms. The third-order valence-electron chi connectivity index (χ3n) is 6.91. The summed E-state index contributed by atoms with van der Waals surface area (Å²) in [6.45, 7) is 2.04. The zero-order valence-corrected chi connectivity index (χ0v) is 22.4. The Hall–Kier alpha value is -4.39. The van der Waals surface area contributed by atoms with Gasteiger partial charge in [-0.25, -0.2) is 14.7 Å². The van der Waals surface area contributed by atoms with E-state index < -0.39 is 0 Å². The predicted molar refractivity (Wildman–Crippen MR) is 160 cm³/mol. The lowest BCUT2D eigenvalue weighted by Gasteiger charge is -2.40. The average molecular weight is 549 g/mol. The molecule has 2 aliphatic rings. The number of anilines is 2. The van der Waals surface area contributed by atoms with Gasteiger partial charge in [0, 0.05) is 21.3 Å². The molecule has 0 aliphatic carbocycles. The summed E-state index contributed by atoms with van der Waals surface area (Å²) >= 11 is 12.6. The molecule has 0 unspecified atom stereocenters. The number of para-hydroxylation sites is 3. The zero-order chi connectivity index (χ0) is 26.5. The van der Waals surface area contributed by atoms with E-state index in [0.29, 0.717) is 21.7 Å². The Labute approximate surface area is 235 Å². The lowest BCUT2D eigenvalue weighted by atomic mass is 9.93. The number of hydrogen-bond donors (Lipinski definition) is 1. The van der Waals surface area contributed by atoms with E-state index in [4.69, 9.17) is 38.3 Å². The number of halogens is 2. The van der Waals surface area contributed by atoms with E-state index in [9.17, 15) is 0 Å². The molecule has 1 N–H and O–H groups in total. The van der Waals surface area contributed by atoms with E-state index in [1.54, 1.807) is 0 Å². The van der Waals surface area contributed by atoms with Crippen LogP contribution in [0.4, 0.5) is 22.9 Å². The summed E-state index contributed by atoms with van der Waals surface area (Å²) in [6, 6.07) is 33.5. The molecule has 2 aliphatic heterocycles. The Morgan fingerprint density at radius 1 is 0.769 bits per heavy atom. The second-order valence-corrected chi connectivity index (χ2v) is 10.3. The molecule has 0 amide bonds. The fraction of sp³-hybridized carbons (Fsp3) is 0.0645. The summed E-state index contributed by atoms with van der Waals surface area (Å²) < 4.78 is 1.91. The van der Waals surface area contributed by atoms with Crippen molar-refractivity contribution in [3.05, 3.63) is 130 Å². The van der Waals surface area contributed by atoms with Crippen LogP contribution >= 0.6 is 23.2 Å². The maximum Gasteiger partial charge on any atom is 0.179 e. The Kier molecular flexibility index (Phi) is 5.72. The predicted octanol–water partition coefficient (Wildman–Crippen LogP) is 8.28. The van der Waals surface area contributed by atoms with E-state index >= 15 is 0 Å². The van der Waals surface area contributed by atoms with Crippen molar-refractivity contribution in [2.24, 2.45) is 9.98 Å². The van der Waals surface area contributed by atoms with Crippen LogP contribution in [0, 0.1) is 6.92 Å². The summed E-state index contributed by atoms with van der Waals surface area (Å²) in [5.41, 5.74) is 6.57. The minimum Gasteiger partial charge on any atom is -0.337 e. The van der Waals surface area contributed by atoms with Gasteiger partial charge < -0.3 is 10.2 Å². The number of aromatic nitrogens is 2. The molecule has 1 aromatic heterocycles. The number of aliphatic imine (C=N–C) groups is 2. The van der Waals surface area contributed by atoms with Gasteiger partial charge in [-0.15, -0.1) is 0 Å². The van der Waals surface area contributed by atoms with Gasteiger partial charge in [0.2, 0.25) is 0 Å². The Bertz CT molecular complexity index is 1770. The average Bonchev–Trinajstić information content (AvgIpc) is 3.29. The summed E-state index contributed by atoms with van der Waals surface area (Å²) in [5.74, 6) is 2.09. The van der Waals surface area contributed by atoms with Crippen LogP contribution in [0.5, 0.6) is 0 Å². The highest BCUT2D eigenvalue weighted by Crippen LogP contribution is 2.48. The molecular weight excluding hydrogens is 527 g/mol. The van der Waals surface area contributed by atoms with Gasteiger partial charge in [-0.3, -0.25) is 0 Å². The van der Waals surface area contributed by atoms with Crippen molar-refractivity contribution < 1.29 is 0 Å². The smallest absolute Gasteiger partial charge is 0.179 e. The first-order valence-corrected chi connectivity index (χ1v) is 13.3. The highest BCUT2D eigenvalue weighted by Gasteiger charge is 2.41. The van der Waals surface area contributed by atoms with Crippen molar-refractivity contribution in [3.63, 3.8) is 0 Å². The van der Waals surface area contributed by atoms with E-state index in [2.05, 4.69) is 28.4 Å². The van der Waals surface area contributed by atoms with Crippen LogP contribution < -0.4 is 10.2 Å². The molecule has 1 atom stereocenters. The van der Waals surface area contributed by atoms with Crippen LogP contribution in [0.3, 0.4) is 0 Å². The van der Waals surface area contributed by atoms with Crippen molar-refractivity contribution in [2.45, 2.75) is 13.0 Å². The van der Waals surface area contributed by atoms with Crippen LogP contribution in [0.15, 0.2) is 113 Å². The summed E-state index contributed by atoms with van der Waals surface area (Å²) in [6.07, 6.45) is 0. The maximum atomic E-state index is 6.32. The van der Waals surface area contributed by atoms with Crippen molar-refractivity contribution in [1.29, 1.82) is 0 Å². The molecule has 6 nitrogen and oxygen atoms in total. The Morgan fingerprint density at radius 3 is 2.33 bits per heavy atom. The van der Waals surface area contributed by atoms with Crippen LogP contribution in [-0.4, -0.2) is 21.5 Å². The number of amidine groups is 2. The van der Waals surface area contributed by atoms with Gasteiger partial charge in [-0.2, -0.15) is 5.10 Å². The normalized spacial score (nSPS) is 15.6. The second-order valence-electron chi connectivity index (χ2n) is 9.41. The van der Waals surface area contributed by atoms with Gasteiger partial charge in [-0.05, 0) is 67.1 Å². The van der Waals surface area contributed by atoms with Crippen LogP contribution in [0.2, 0.25) is 10.0 Å². The van der Waals surface area contributed by atoms with Crippen molar-refractivity contribution >= 4 is 57.8 Å². The fourth-order valence-electron chi connectivity index (χ4n) is 5.21. The van der Waals surface area contributed by atoms with Crippen LogP contribution in [-0.2, 0) is 0 Å². The third kappa shape index (κ3) is 4.09. The molecule has 0 radical (unpaired) electrons.